The number of imide groups is 1. The molecule has 2 aromatic rings. The van der Waals surface area contributed by atoms with Crippen molar-refractivity contribution >= 4 is 28.5 Å². The van der Waals surface area contributed by atoms with E-state index in [2.05, 4.69) is 0 Å². The Morgan fingerprint density at radius 2 is 1.28 bits per heavy atom. The van der Waals surface area contributed by atoms with E-state index in [0.29, 0.717) is 27.5 Å². The highest BCUT2D eigenvalue weighted by Crippen LogP contribution is 2.42. The lowest BCUT2D eigenvalue weighted by Gasteiger charge is -2.39. The minimum atomic E-state index is -1.42. The highest BCUT2D eigenvalue weighted by Gasteiger charge is 2.42. The van der Waals surface area contributed by atoms with Gasteiger partial charge in [0.15, 0.2) is 6.23 Å². The number of aliphatic hydroxyl groups is 3. The van der Waals surface area contributed by atoms with E-state index in [1.165, 1.54) is 11.0 Å². The minimum absolute atomic E-state index is 0.196. The van der Waals surface area contributed by atoms with Crippen LogP contribution in [0.4, 0.5) is 0 Å². The van der Waals surface area contributed by atoms with Gasteiger partial charge >= 0.3 is 0 Å². The normalized spacial score (nSPS) is 18.0. The summed E-state index contributed by atoms with van der Waals surface area (Å²) in [5.41, 5.74) is 1.27. The number of rotatable bonds is 8. The van der Waals surface area contributed by atoms with Gasteiger partial charge in [-0.25, -0.2) is 0 Å². The van der Waals surface area contributed by atoms with Crippen LogP contribution in [0, 0.1) is 0 Å². The van der Waals surface area contributed by atoms with E-state index >= 15 is 0 Å². The molecule has 2 aromatic carbocycles. The molecule has 0 radical (unpaired) electrons. The van der Waals surface area contributed by atoms with Crippen LogP contribution in [0.3, 0.4) is 0 Å². The summed E-state index contributed by atoms with van der Waals surface area (Å²) in [6.07, 6.45) is 1.70. The first-order chi connectivity index (χ1) is 15.4. The molecule has 2 aliphatic heterocycles. The summed E-state index contributed by atoms with van der Waals surface area (Å²) in [5, 5.41) is 30.8. The Morgan fingerprint density at radius 3 is 1.78 bits per heavy atom. The van der Waals surface area contributed by atoms with Crippen LogP contribution in [-0.4, -0.2) is 68.1 Å². The molecule has 0 bridgehead atoms. The van der Waals surface area contributed by atoms with Crippen LogP contribution in [0.5, 0.6) is 0 Å². The average Bonchev–Trinajstić information content (AvgIpc) is 2.79. The number of aliphatic hydroxyl groups excluding tert-OH is 3. The van der Waals surface area contributed by atoms with E-state index < -0.39 is 31.4 Å². The second-order valence-electron chi connectivity index (χ2n) is 8.43. The molecular weight excluding hydrogens is 412 g/mol. The van der Waals surface area contributed by atoms with Crippen LogP contribution in [0.1, 0.15) is 82.4 Å². The molecule has 1 atom stereocenters. The Bertz CT molecular complexity index is 1070. The largest absolute Gasteiger partial charge is 0.394 e. The van der Waals surface area contributed by atoms with Crippen LogP contribution in [0.25, 0.3) is 10.8 Å². The number of hydrogen-bond acceptors (Lipinski definition) is 6. The fourth-order valence-corrected chi connectivity index (χ4v) is 5.02. The first kappa shape index (κ1) is 22.4. The molecule has 32 heavy (non-hydrogen) atoms. The Balaban J connectivity index is 1.90. The van der Waals surface area contributed by atoms with E-state index in [4.69, 9.17) is 0 Å². The Morgan fingerprint density at radius 1 is 0.781 bits per heavy atom. The van der Waals surface area contributed by atoms with Gasteiger partial charge in [-0.3, -0.25) is 19.3 Å². The van der Waals surface area contributed by atoms with Gasteiger partial charge < -0.3 is 20.2 Å². The SMILES string of the molecule is CCCC(CCC)N1C(=O)c2ccc3c4c(ccc(c24)C1=O)C(O)N(C(CO)CO)C3=O. The zero-order valence-electron chi connectivity index (χ0n) is 18.2. The molecule has 1 unspecified atom stereocenters. The lowest BCUT2D eigenvalue weighted by Crippen LogP contribution is -2.50. The Kier molecular flexibility index (Phi) is 6.03. The predicted octanol–water partition coefficient (Wildman–Crippen LogP) is 2.20. The van der Waals surface area contributed by atoms with Crippen molar-refractivity contribution in [2.75, 3.05) is 13.2 Å². The standard InChI is InChI=1S/C24H28N2O6/c1-3-5-13(6-4-2)25-21(29)15-7-9-17-20-18(10-8-16(19(15)20)22(25)30)24(32)26(23(17)31)14(11-27)12-28/h7-10,13-14,23,27-28,31H,3-6,11-12H2,1-2H3. The van der Waals surface area contributed by atoms with Gasteiger partial charge in [-0.15, -0.1) is 0 Å². The van der Waals surface area contributed by atoms with Gasteiger partial charge in [-0.2, -0.15) is 0 Å². The molecule has 3 N–H and O–H groups in total. The summed E-state index contributed by atoms with van der Waals surface area (Å²) >= 11 is 0. The Labute approximate surface area is 186 Å². The van der Waals surface area contributed by atoms with Gasteiger partial charge in [0.05, 0.1) is 19.3 Å². The maximum atomic E-state index is 13.4. The first-order valence-electron chi connectivity index (χ1n) is 11.1. The summed E-state index contributed by atoms with van der Waals surface area (Å²) in [6.45, 7) is 3.00. The minimum Gasteiger partial charge on any atom is -0.394 e. The smallest absolute Gasteiger partial charge is 0.261 e. The van der Waals surface area contributed by atoms with Crippen molar-refractivity contribution in [1.29, 1.82) is 0 Å². The molecule has 170 valence electrons. The van der Waals surface area contributed by atoms with E-state index in [0.717, 1.165) is 30.6 Å². The van der Waals surface area contributed by atoms with Crippen molar-refractivity contribution in [2.45, 2.75) is 57.8 Å². The first-order valence-corrected chi connectivity index (χ1v) is 11.1. The predicted molar refractivity (Wildman–Crippen MR) is 117 cm³/mol. The van der Waals surface area contributed by atoms with E-state index in [-0.39, 0.29) is 23.4 Å². The summed E-state index contributed by atoms with van der Waals surface area (Å²) in [5.74, 6) is -1.34. The monoisotopic (exact) mass is 440 g/mol. The van der Waals surface area contributed by atoms with E-state index in [9.17, 15) is 29.7 Å². The number of benzene rings is 2. The number of carbonyl (C=O) groups is 3. The molecule has 8 nitrogen and oxygen atoms in total. The fraction of sp³-hybridized carbons (Fsp3) is 0.458. The van der Waals surface area contributed by atoms with Crippen molar-refractivity contribution in [1.82, 2.24) is 9.80 Å². The molecule has 2 aliphatic rings. The van der Waals surface area contributed by atoms with Crippen molar-refractivity contribution < 1.29 is 29.7 Å². The maximum absolute atomic E-state index is 13.4. The van der Waals surface area contributed by atoms with Gasteiger partial charge in [0.2, 0.25) is 0 Å². The van der Waals surface area contributed by atoms with Gasteiger partial charge in [0.25, 0.3) is 17.7 Å². The zero-order chi connectivity index (χ0) is 23.2. The molecule has 2 heterocycles. The molecule has 8 heteroatoms. The van der Waals surface area contributed by atoms with Crippen molar-refractivity contribution in [2.24, 2.45) is 0 Å². The van der Waals surface area contributed by atoms with Gasteiger partial charge in [-0.05, 0) is 31.0 Å². The molecular formula is C24H28N2O6. The highest BCUT2D eigenvalue weighted by atomic mass is 16.3. The second-order valence-corrected chi connectivity index (χ2v) is 8.43. The molecule has 0 fully saturated rings. The lowest BCUT2D eigenvalue weighted by atomic mass is 9.84. The van der Waals surface area contributed by atoms with Crippen molar-refractivity contribution in [3.8, 4) is 0 Å². The van der Waals surface area contributed by atoms with Gasteiger partial charge in [0, 0.05) is 39.1 Å². The van der Waals surface area contributed by atoms with E-state index in [1.807, 2.05) is 13.8 Å². The quantitative estimate of drug-likeness (QED) is 0.542. The molecule has 0 spiro atoms. The van der Waals surface area contributed by atoms with E-state index in [1.54, 1.807) is 18.2 Å². The topological polar surface area (TPSA) is 118 Å². The molecule has 0 saturated heterocycles. The highest BCUT2D eigenvalue weighted by molar-refractivity contribution is 6.28. The third kappa shape index (κ3) is 3.13. The summed E-state index contributed by atoms with van der Waals surface area (Å²) in [6, 6.07) is 5.09. The molecule has 0 saturated carbocycles. The zero-order valence-corrected chi connectivity index (χ0v) is 18.2. The van der Waals surface area contributed by atoms with Gasteiger partial charge in [-0.1, -0.05) is 32.8 Å². The van der Waals surface area contributed by atoms with Crippen molar-refractivity contribution in [3.63, 3.8) is 0 Å². The molecule has 4 rings (SSSR count). The maximum Gasteiger partial charge on any atom is 0.261 e. The van der Waals surface area contributed by atoms with Crippen LogP contribution in [-0.2, 0) is 0 Å². The third-order valence-electron chi connectivity index (χ3n) is 6.52. The van der Waals surface area contributed by atoms with Crippen LogP contribution >= 0.6 is 0 Å². The Hall–Kier alpha value is -2.81. The van der Waals surface area contributed by atoms with Crippen molar-refractivity contribution in [3.05, 3.63) is 46.5 Å². The van der Waals surface area contributed by atoms with Crippen LogP contribution < -0.4 is 0 Å². The number of amides is 3. The summed E-state index contributed by atoms with van der Waals surface area (Å²) in [4.78, 5) is 42.5. The molecule has 0 aliphatic carbocycles. The average molecular weight is 440 g/mol. The number of carbonyl (C=O) groups excluding carboxylic acids is 3. The van der Waals surface area contributed by atoms with Crippen LogP contribution in [0.15, 0.2) is 24.3 Å². The fourth-order valence-electron chi connectivity index (χ4n) is 5.02. The molecule has 3 amide bonds. The van der Waals surface area contributed by atoms with Gasteiger partial charge in [0.1, 0.15) is 0 Å². The molecule has 0 aromatic heterocycles. The third-order valence-corrected chi connectivity index (χ3v) is 6.52. The van der Waals surface area contributed by atoms with Crippen LogP contribution in [0.2, 0.25) is 0 Å². The lowest BCUT2D eigenvalue weighted by molar-refractivity contribution is -0.0394. The number of hydrogen-bond donors (Lipinski definition) is 3. The number of nitrogens with zero attached hydrogens (tertiary/aromatic N) is 2. The summed E-state index contributed by atoms with van der Waals surface area (Å²) in [7, 11) is 0. The summed E-state index contributed by atoms with van der Waals surface area (Å²) < 4.78 is 0. The second kappa shape index (κ2) is 8.61.